The molecule has 3 aliphatic heterocycles. The average molecular weight is 715 g/mol. The number of anilines is 1. The number of nitrogen functional groups attached to an aromatic ring is 1. The van der Waals surface area contributed by atoms with Gasteiger partial charge in [0.05, 0.1) is 4.90 Å². The minimum Gasteiger partial charge on any atom is -0.410 e. The molecule has 2 aromatic rings. The Hall–Kier alpha value is -4.76. The SMILES string of the molecule is Cc1ccc(S(=O)(=O)N2CC/C(=C\C3=C(C(=O)OC(=O)C(F)(F)F)N4C(=O)[C@@H](NC(=O)/C(=N\O)c5csc(N)n5)[C@H]4SC3)C2=O)cc1. The lowest BCUT2D eigenvalue weighted by atomic mass is 10.0. The number of fused-ring (bicyclic) bond motifs is 1. The molecular weight excluding hydrogens is 694 g/mol. The first-order chi connectivity index (χ1) is 22.0. The molecule has 2 atom stereocenters. The fourth-order valence-corrected chi connectivity index (χ4v) is 8.01. The monoisotopic (exact) mass is 714 g/mol. The van der Waals surface area contributed by atoms with Gasteiger partial charge in [0, 0.05) is 23.3 Å². The second kappa shape index (κ2) is 12.4. The molecule has 0 unspecified atom stereocenters. The molecule has 1 aromatic carbocycles. The lowest BCUT2D eigenvalue weighted by Crippen LogP contribution is -2.71. The van der Waals surface area contributed by atoms with Crippen molar-refractivity contribution in [2.24, 2.45) is 5.16 Å². The second-order valence-electron chi connectivity index (χ2n) is 10.0. The smallest absolute Gasteiger partial charge is 0.410 e. The topological polar surface area (TPSA) is 219 Å². The van der Waals surface area contributed by atoms with E-state index in [1.807, 2.05) is 0 Å². The van der Waals surface area contributed by atoms with Crippen LogP contribution in [0.2, 0.25) is 0 Å². The number of benzene rings is 1. The molecule has 2 saturated heterocycles. The molecule has 0 aliphatic carbocycles. The number of halogens is 3. The van der Waals surface area contributed by atoms with Crippen molar-refractivity contribution in [2.45, 2.75) is 35.8 Å². The molecule has 47 heavy (non-hydrogen) atoms. The van der Waals surface area contributed by atoms with Gasteiger partial charge in [-0.1, -0.05) is 22.9 Å². The van der Waals surface area contributed by atoms with Crippen molar-refractivity contribution in [3.05, 3.63) is 63.8 Å². The third kappa shape index (κ3) is 6.32. The molecule has 0 saturated carbocycles. The van der Waals surface area contributed by atoms with E-state index < -0.39 is 68.7 Å². The standard InChI is InChI=1S/C26H21F3N6O9S3/c1-11-2-4-14(5-3-11)47(42,43)34-7-6-12(20(34)37)8-13-9-45-22-17(32-19(36)16(33-41)15-10-46-25(30)31-15)21(38)35(22)18(13)23(39)44-24(40)26(27,28)29/h2-5,8,10,17,22,41H,6-7,9H2,1H3,(H2,30,31)(H,32,36)/b12-8+,33-16-/t17-,22-/m1/s1. The van der Waals surface area contributed by atoms with E-state index in [1.165, 1.54) is 29.6 Å². The van der Waals surface area contributed by atoms with Gasteiger partial charge in [-0.15, -0.1) is 23.1 Å². The maximum absolute atomic E-state index is 13.2. The van der Waals surface area contributed by atoms with Crippen molar-refractivity contribution in [2.75, 3.05) is 18.0 Å². The largest absolute Gasteiger partial charge is 0.491 e. The van der Waals surface area contributed by atoms with Crippen LogP contribution in [0.4, 0.5) is 18.3 Å². The number of thiazole rings is 1. The number of hydrogen-bond donors (Lipinski definition) is 3. The van der Waals surface area contributed by atoms with Crippen molar-refractivity contribution >= 4 is 73.6 Å². The van der Waals surface area contributed by atoms with E-state index in [4.69, 9.17) is 5.73 Å². The lowest BCUT2D eigenvalue weighted by Gasteiger charge is -2.49. The zero-order chi connectivity index (χ0) is 34.4. The van der Waals surface area contributed by atoms with Crippen LogP contribution in [0.5, 0.6) is 0 Å². The van der Waals surface area contributed by atoms with Crippen molar-refractivity contribution in [1.29, 1.82) is 0 Å². The normalized spacial score (nSPS) is 21.1. The van der Waals surface area contributed by atoms with Gasteiger partial charge < -0.3 is 21.0 Å². The summed E-state index contributed by atoms with van der Waals surface area (Å²) in [6.07, 6.45) is -4.66. The van der Waals surface area contributed by atoms with Crippen LogP contribution in [-0.4, -0.2) is 93.1 Å². The van der Waals surface area contributed by atoms with Crippen LogP contribution in [0.25, 0.3) is 0 Å². The molecule has 4 N–H and O–H groups in total. The Morgan fingerprint density at radius 3 is 2.49 bits per heavy atom. The van der Waals surface area contributed by atoms with E-state index in [-0.39, 0.29) is 45.6 Å². The second-order valence-corrected chi connectivity index (χ2v) is 13.9. The zero-order valence-corrected chi connectivity index (χ0v) is 26.1. The van der Waals surface area contributed by atoms with E-state index in [0.717, 1.165) is 34.7 Å². The number of β-lactam (4-membered cyclic amide) rings is 1. The van der Waals surface area contributed by atoms with Crippen molar-refractivity contribution in [3.8, 4) is 0 Å². The van der Waals surface area contributed by atoms with Gasteiger partial charge in [-0.3, -0.25) is 19.3 Å². The van der Waals surface area contributed by atoms with E-state index >= 15 is 0 Å². The Bertz CT molecular complexity index is 1910. The number of carbonyl (C=O) groups is 5. The fourth-order valence-electron chi connectivity index (χ4n) is 4.75. The van der Waals surface area contributed by atoms with E-state index in [0.29, 0.717) is 9.21 Å². The number of aryl methyl sites for hydroxylation is 1. The van der Waals surface area contributed by atoms with Crippen LogP contribution in [0, 0.1) is 6.92 Å². The number of hydrogen-bond acceptors (Lipinski definition) is 14. The van der Waals surface area contributed by atoms with Crippen LogP contribution >= 0.6 is 23.1 Å². The molecule has 0 bridgehead atoms. The van der Waals surface area contributed by atoms with Crippen molar-refractivity contribution in [3.63, 3.8) is 0 Å². The first kappa shape index (κ1) is 33.6. The maximum atomic E-state index is 13.2. The summed E-state index contributed by atoms with van der Waals surface area (Å²) in [5.74, 6) is -8.05. The Morgan fingerprint density at radius 1 is 1.21 bits per heavy atom. The van der Waals surface area contributed by atoms with Crippen molar-refractivity contribution in [1.82, 2.24) is 19.5 Å². The summed E-state index contributed by atoms with van der Waals surface area (Å²) in [5.41, 5.74) is 4.42. The van der Waals surface area contributed by atoms with Crippen molar-refractivity contribution < 1.29 is 55.5 Å². The minimum absolute atomic E-state index is 0.0441. The number of ether oxygens (including phenoxy) is 1. The molecular formula is C26H21F3N6O9S3. The molecule has 1 aromatic heterocycles. The van der Waals surface area contributed by atoms with E-state index in [2.05, 4.69) is 20.2 Å². The number of amides is 3. The first-order valence-electron chi connectivity index (χ1n) is 13.1. The number of rotatable bonds is 7. The Morgan fingerprint density at radius 2 is 1.89 bits per heavy atom. The molecule has 21 heteroatoms. The van der Waals surface area contributed by atoms with Gasteiger partial charge in [-0.2, -0.15) is 13.2 Å². The number of nitrogens with one attached hydrogen (secondary N) is 1. The van der Waals surface area contributed by atoms with Gasteiger partial charge in [0.25, 0.3) is 27.7 Å². The number of oxime groups is 1. The molecule has 0 radical (unpaired) electrons. The lowest BCUT2D eigenvalue weighted by molar-refractivity contribution is -0.201. The van der Waals surface area contributed by atoms with Crippen LogP contribution in [0.15, 0.2) is 62.6 Å². The summed E-state index contributed by atoms with van der Waals surface area (Å²) in [6.45, 7) is 1.45. The van der Waals surface area contributed by atoms with E-state index in [9.17, 15) is 50.8 Å². The summed E-state index contributed by atoms with van der Waals surface area (Å²) in [5, 5.41) is 14.8. The van der Waals surface area contributed by atoms with Gasteiger partial charge in [-0.25, -0.2) is 27.3 Å². The average Bonchev–Trinajstić information content (AvgIpc) is 3.60. The molecule has 5 rings (SSSR count). The molecule has 0 spiro atoms. The minimum atomic E-state index is -5.57. The zero-order valence-electron chi connectivity index (χ0n) is 23.7. The quantitative estimate of drug-likeness (QED) is 0.0697. The molecule has 2 fully saturated rings. The summed E-state index contributed by atoms with van der Waals surface area (Å²) in [4.78, 5) is 68.1. The molecule has 248 valence electrons. The van der Waals surface area contributed by atoms with Crippen LogP contribution in [0.1, 0.15) is 17.7 Å². The number of thioether (sulfide) groups is 1. The number of alkyl halides is 3. The highest BCUT2D eigenvalue weighted by Gasteiger charge is 2.55. The Labute approximate surface area is 271 Å². The summed E-state index contributed by atoms with van der Waals surface area (Å²) >= 11 is 1.85. The fraction of sp³-hybridized carbons (Fsp3) is 0.269. The Kier molecular flexibility index (Phi) is 8.90. The highest BCUT2D eigenvalue weighted by atomic mass is 32.2. The third-order valence-corrected chi connectivity index (χ3v) is 10.8. The Balaban J connectivity index is 1.44. The number of esters is 2. The number of sulfonamides is 1. The molecule has 3 aliphatic rings. The molecule has 4 heterocycles. The molecule has 3 amide bonds. The summed E-state index contributed by atoms with van der Waals surface area (Å²) in [7, 11) is -4.29. The number of nitrogens with two attached hydrogens (primary N) is 1. The number of aromatic nitrogens is 1. The van der Waals surface area contributed by atoms with Gasteiger partial charge in [0.1, 0.15) is 22.8 Å². The van der Waals surface area contributed by atoms with Gasteiger partial charge >= 0.3 is 18.1 Å². The van der Waals surface area contributed by atoms with Gasteiger partial charge in [0.15, 0.2) is 10.8 Å². The maximum Gasteiger partial charge on any atom is 0.491 e. The summed E-state index contributed by atoms with van der Waals surface area (Å²) in [6, 6.07) is 4.32. The third-order valence-electron chi connectivity index (χ3n) is 7.02. The van der Waals surface area contributed by atoms with Crippen LogP contribution in [-0.2, 0) is 38.7 Å². The number of allylic oxidation sites excluding steroid dienone is 1. The van der Waals surface area contributed by atoms with Crippen LogP contribution in [0.3, 0.4) is 0 Å². The predicted molar refractivity (Wildman–Crippen MR) is 157 cm³/mol. The first-order valence-corrected chi connectivity index (χ1v) is 16.5. The van der Waals surface area contributed by atoms with Crippen LogP contribution < -0.4 is 11.1 Å². The van der Waals surface area contributed by atoms with E-state index in [1.54, 1.807) is 6.92 Å². The molecule has 15 nitrogen and oxygen atoms in total. The summed E-state index contributed by atoms with van der Waals surface area (Å²) < 4.78 is 69.7. The van der Waals surface area contributed by atoms with Gasteiger partial charge in [-0.05, 0) is 37.1 Å². The predicted octanol–water partition coefficient (Wildman–Crippen LogP) is 1.05. The van der Waals surface area contributed by atoms with Gasteiger partial charge in [0.2, 0.25) is 0 Å². The number of nitrogens with zero attached hydrogens (tertiary/aromatic N) is 4. The highest BCUT2D eigenvalue weighted by molar-refractivity contribution is 8.00. The number of carbonyl (C=O) groups excluding carboxylic acids is 5. The highest BCUT2D eigenvalue weighted by Crippen LogP contribution is 2.42.